The molecule has 0 aromatic heterocycles. The highest BCUT2D eigenvalue weighted by Gasteiger charge is 2.17. The van der Waals surface area contributed by atoms with Crippen molar-refractivity contribution in [3.63, 3.8) is 0 Å². The van der Waals surface area contributed by atoms with Crippen LogP contribution in [0.3, 0.4) is 0 Å². The Labute approximate surface area is 308 Å². The Balaban J connectivity index is 1.69. The summed E-state index contributed by atoms with van der Waals surface area (Å²) in [6.45, 7) is 12.2. The molecule has 0 aliphatic carbocycles. The largest absolute Gasteiger partial charge is 0.254 e. The van der Waals surface area contributed by atoms with Crippen molar-refractivity contribution < 1.29 is 12.6 Å². The SMILES string of the molecule is C#Cc1cc(C#C)cc(C(=C)S(=O)Cc2cc(CS(=O)C(=C)c3cc(C#C)cc(C#C)c3)cc(CS(=O)C(=C)c3cc(C#C)cc(C#C)c3)c2)c1. The van der Waals surface area contributed by atoms with Gasteiger partial charge in [0.2, 0.25) is 0 Å². The van der Waals surface area contributed by atoms with Gasteiger partial charge < -0.3 is 0 Å². The fraction of sp³-hybridized carbons (Fsp3) is 0.0667. The van der Waals surface area contributed by atoms with Gasteiger partial charge in [-0.3, -0.25) is 12.6 Å². The zero-order valence-electron chi connectivity index (χ0n) is 27.6. The fourth-order valence-electron chi connectivity index (χ4n) is 5.06. The predicted molar refractivity (Wildman–Crippen MR) is 216 cm³/mol. The molecule has 51 heavy (non-hydrogen) atoms. The topological polar surface area (TPSA) is 51.2 Å². The molecule has 3 atom stereocenters. The van der Waals surface area contributed by atoms with Gasteiger partial charge in [-0.05, 0) is 88.0 Å². The van der Waals surface area contributed by atoms with E-state index in [4.69, 9.17) is 38.5 Å². The van der Waals surface area contributed by atoms with Crippen LogP contribution in [0.4, 0.5) is 0 Å². The van der Waals surface area contributed by atoms with Crippen LogP contribution in [0.5, 0.6) is 0 Å². The smallest absolute Gasteiger partial charge is 0.0574 e. The first-order chi connectivity index (χ1) is 24.4. The second-order valence-corrected chi connectivity index (χ2v) is 15.6. The Morgan fingerprint density at radius 1 is 0.392 bits per heavy atom. The molecule has 0 radical (unpaired) electrons. The lowest BCUT2D eigenvalue weighted by Gasteiger charge is -2.14. The zero-order valence-corrected chi connectivity index (χ0v) is 30.0. The molecule has 3 unspecified atom stereocenters. The standard InChI is InChI=1S/C45H30O3S3/c1-10-34-16-35(11-2)23-43(22-34)31(7)49(46)28-40-19-41(29-50(47)32(8)44-24-36(12-3)17-37(13-4)25-44)21-42(20-40)30-51(48)33(9)45-26-38(14-5)18-39(15-6)27-45/h1-6,16-27H,7-9,28-30H2. The van der Waals surface area contributed by atoms with Crippen LogP contribution in [-0.4, -0.2) is 12.6 Å². The minimum atomic E-state index is -1.61. The molecule has 0 aliphatic rings. The van der Waals surface area contributed by atoms with Crippen molar-refractivity contribution in [3.8, 4) is 74.1 Å². The van der Waals surface area contributed by atoms with Gasteiger partial charge in [0.25, 0.3) is 0 Å². The lowest BCUT2D eigenvalue weighted by molar-refractivity contribution is 0.688. The van der Waals surface area contributed by atoms with Crippen LogP contribution in [0.15, 0.2) is 92.5 Å². The molecule has 0 amide bonds. The minimum Gasteiger partial charge on any atom is -0.254 e. The summed E-state index contributed by atoms with van der Waals surface area (Å²) in [4.78, 5) is 1.000. The van der Waals surface area contributed by atoms with Gasteiger partial charge in [0.05, 0.1) is 49.7 Å². The van der Waals surface area contributed by atoms with Gasteiger partial charge in [-0.15, -0.1) is 38.5 Å². The van der Waals surface area contributed by atoms with E-state index < -0.39 is 32.4 Å². The molecule has 0 spiro atoms. The van der Waals surface area contributed by atoms with Gasteiger partial charge in [0, 0.05) is 48.1 Å². The number of hydrogen-bond acceptors (Lipinski definition) is 3. The summed E-state index contributed by atoms with van der Waals surface area (Å²) in [6, 6.07) is 20.7. The fourth-order valence-corrected chi connectivity index (χ4v) is 8.14. The first kappa shape index (κ1) is 37.7. The molecule has 0 heterocycles. The van der Waals surface area contributed by atoms with Gasteiger partial charge in [0.1, 0.15) is 0 Å². The van der Waals surface area contributed by atoms with Gasteiger partial charge >= 0.3 is 0 Å². The Morgan fingerprint density at radius 3 is 0.765 bits per heavy atom. The quantitative estimate of drug-likeness (QED) is 0.145. The van der Waals surface area contributed by atoms with Crippen LogP contribution < -0.4 is 0 Å². The van der Waals surface area contributed by atoms with Crippen LogP contribution in [0.2, 0.25) is 0 Å². The molecule has 246 valence electrons. The molecule has 0 saturated carbocycles. The molecule has 3 nitrogen and oxygen atoms in total. The molecule has 4 aromatic rings. The summed E-state index contributed by atoms with van der Waals surface area (Å²) in [5.74, 6) is 15.5. The number of hydrogen-bond donors (Lipinski definition) is 0. The minimum absolute atomic E-state index is 0.0536. The van der Waals surface area contributed by atoms with Gasteiger partial charge in [0.15, 0.2) is 0 Å². The molecule has 4 aromatic carbocycles. The zero-order chi connectivity index (χ0) is 37.2. The Bertz CT molecular complexity index is 2090. The average Bonchev–Trinajstić information content (AvgIpc) is 3.15. The molecule has 4 rings (SSSR count). The van der Waals surface area contributed by atoms with Gasteiger partial charge in [-0.1, -0.05) is 73.5 Å². The summed E-state index contributed by atoms with van der Waals surface area (Å²) in [7, 11) is -4.84. The summed E-state index contributed by atoms with van der Waals surface area (Å²) in [5.41, 5.74) is 6.85. The monoisotopic (exact) mass is 714 g/mol. The first-order valence-electron chi connectivity index (χ1n) is 15.0. The van der Waals surface area contributed by atoms with Gasteiger partial charge in [-0.2, -0.15) is 0 Å². The molecule has 6 heteroatoms. The van der Waals surface area contributed by atoms with Crippen molar-refractivity contribution in [2.75, 3.05) is 0 Å². The van der Waals surface area contributed by atoms with E-state index in [2.05, 4.69) is 55.3 Å². The lowest BCUT2D eigenvalue weighted by atomic mass is 10.1. The van der Waals surface area contributed by atoms with Gasteiger partial charge in [-0.25, -0.2) is 0 Å². The summed E-state index contributed by atoms with van der Waals surface area (Å²) < 4.78 is 41.1. The molecule has 0 bridgehead atoms. The Hall–Kier alpha value is -6.09. The average molecular weight is 715 g/mol. The molecular formula is C45H30O3S3. The Kier molecular flexibility index (Phi) is 12.6. The summed E-state index contributed by atoms with van der Waals surface area (Å²) >= 11 is 0. The lowest BCUT2D eigenvalue weighted by Crippen LogP contribution is -2.05. The van der Waals surface area contributed by atoms with Crippen LogP contribution in [0.1, 0.15) is 66.8 Å². The third-order valence-electron chi connectivity index (χ3n) is 7.60. The number of terminal acetylenes is 6. The third kappa shape index (κ3) is 9.54. The normalized spacial score (nSPS) is 11.9. The van der Waals surface area contributed by atoms with Crippen molar-refractivity contribution >= 4 is 47.1 Å². The van der Waals surface area contributed by atoms with Crippen LogP contribution in [0, 0.1) is 74.1 Å². The molecule has 0 saturated heterocycles. The number of rotatable bonds is 12. The number of benzene rings is 4. The maximum atomic E-state index is 13.7. The predicted octanol–water partition coefficient (Wildman–Crippen LogP) is 7.33. The highest BCUT2D eigenvalue weighted by molar-refractivity contribution is 7.94. The van der Waals surface area contributed by atoms with E-state index in [1.165, 1.54) is 0 Å². The van der Waals surface area contributed by atoms with Crippen molar-refractivity contribution in [2.24, 2.45) is 0 Å². The maximum absolute atomic E-state index is 13.7. The van der Waals surface area contributed by atoms with E-state index in [1.807, 2.05) is 18.2 Å². The third-order valence-corrected chi connectivity index (χ3v) is 11.7. The molecular weight excluding hydrogens is 685 g/mol. The van der Waals surface area contributed by atoms with E-state index in [0.29, 0.717) is 81.5 Å². The van der Waals surface area contributed by atoms with Crippen LogP contribution >= 0.6 is 0 Å². The van der Waals surface area contributed by atoms with E-state index >= 15 is 0 Å². The van der Waals surface area contributed by atoms with E-state index in [9.17, 15) is 12.6 Å². The Morgan fingerprint density at radius 2 is 0.588 bits per heavy atom. The molecule has 0 N–H and O–H groups in total. The van der Waals surface area contributed by atoms with E-state index in [0.717, 1.165) is 0 Å². The van der Waals surface area contributed by atoms with Crippen molar-refractivity contribution in [2.45, 2.75) is 17.3 Å². The van der Waals surface area contributed by atoms with Crippen LogP contribution in [0.25, 0.3) is 14.7 Å². The highest BCUT2D eigenvalue weighted by Crippen LogP contribution is 2.28. The summed E-state index contributed by atoms with van der Waals surface area (Å²) in [6.07, 6.45) is 33.7. The van der Waals surface area contributed by atoms with Crippen LogP contribution in [-0.2, 0) is 49.7 Å². The van der Waals surface area contributed by atoms with Crippen molar-refractivity contribution in [3.05, 3.63) is 159 Å². The second-order valence-electron chi connectivity index (χ2n) is 11.2. The molecule has 0 aliphatic heterocycles. The van der Waals surface area contributed by atoms with E-state index in [1.54, 1.807) is 54.6 Å². The molecule has 0 fully saturated rings. The maximum Gasteiger partial charge on any atom is 0.0574 e. The highest BCUT2D eigenvalue weighted by atomic mass is 32.2. The summed E-state index contributed by atoms with van der Waals surface area (Å²) in [5, 5.41) is 0. The van der Waals surface area contributed by atoms with Crippen molar-refractivity contribution in [1.29, 1.82) is 0 Å². The van der Waals surface area contributed by atoms with E-state index in [-0.39, 0.29) is 17.3 Å². The second kappa shape index (κ2) is 17.0. The van der Waals surface area contributed by atoms with Crippen molar-refractivity contribution in [1.82, 2.24) is 0 Å². The first-order valence-corrected chi connectivity index (χ1v) is 19.0.